The highest BCUT2D eigenvalue weighted by Crippen LogP contribution is 2.42. The number of rotatable bonds is 10. The predicted octanol–water partition coefficient (Wildman–Crippen LogP) is 4.96. The third kappa shape index (κ3) is 4.95. The molecule has 0 heterocycles. The summed E-state index contributed by atoms with van der Waals surface area (Å²) in [7, 11) is 2.04. The summed E-state index contributed by atoms with van der Waals surface area (Å²) in [5.41, 5.74) is 9.45. The van der Waals surface area contributed by atoms with E-state index in [1.54, 1.807) is 5.57 Å². The van der Waals surface area contributed by atoms with Crippen LogP contribution in [0.1, 0.15) is 50.5 Å². The Morgan fingerprint density at radius 2 is 1.90 bits per heavy atom. The van der Waals surface area contributed by atoms with Gasteiger partial charge in [0.2, 0.25) is 0 Å². The molecule has 4 rings (SSSR count). The number of allylic oxidation sites excluding steroid dienone is 3. The smallest absolute Gasteiger partial charge is 0.0361 e. The molecular weight excluding hydrogens is 354 g/mol. The minimum absolute atomic E-state index is 0.472. The molecule has 0 spiro atoms. The molecule has 0 bridgehead atoms. The van der Waals surface area contributed by atoms with Gasteiger partial charge >= 0.3 is 0 Å². The summed E-state index contributed by atoms with van der Waals surface area (Å²) in [6, 6.07) is 11.2. The maximum atomic E-state index is 4.39. The average Bonchev–Trinajstić information content (AvgIpc) is 3.50. The van der Waals surface area contributed by atoms with Crippen LogP contribution in [-0.2, 0) is 6.42 Å². The summed E-state index contributed by atoms with van der Waals surface area (Å²) in [6.45, 7) is 9.77. The lowest BCUT2D eigenvalue weighted by molar-refractivity contribution is 0.490. The number of hydrogen-bond donors (Lipinski definition) is 3. The van der Waals surface area contributed by atoms with E-state index < -0.39 is 0 Å². The van der Waals surface area contributed by atoms with Crippen LogP contribution < -0.4 is 16.0 Å². The largest absolute Gasteiger partial charge is 0.391 e. The highest BCUT2D eigenvalue weighted by Gasteiger charge is 2.31. The van der Waals surface area contributed by atoms with Gasteiger partial charge in [-0.25, -0.2) is 0 Å². The van der Waals surface area contributed by atoms with Crippen LogP contribution in [0.3, 0.4) is 0 Å². The summed E-state index contributed by atoms with van der Waals surface area (Å²) >= 11 is 0. The Balaban J connectivity index is 1.35. The lowest BCUT2D eigenvalue weighted by Crippen LogP contribution is -2.31. The fraction of sp³-hybridized carbons (Fsp3) is 0.462. The fourth-order valence-corrected chi connectivity index (χ4v) is 4.63. The second-order valence-corrected chi connectivity index (χ2v) is 8.84. The molecule has 0 aromatic heterocycles. The van der Waals surface area contributed by atoms with Crippen molar-refractivity contribution in [2.45, 2.75) is 57.4 Å². The van der Waals surface area contributed by atoms with Crippen LogP contribution in [0, 0.1) is 5.92 Å². The molecule has 1 unspecified atom stereocenters. The molecule has 3 aliphatic carbocycles. The van der Waals surface area contributed by atoms with Gasteiger partial charge < -0.3 is 16.0 Å². The molecule has 1 saturated carbocycles. The zero-order valence-electron chi connectivity index (χ0n) is 17.8. The van der Waals surface area contributed by atoms with E-state index in [0.717, 1.165) is 49.5 Å². The number of benzene rings is 1. The summed E-state index contributed by atoms with van der Waals surface area (Å²) in [6.07, 6.45) is 9.26. The molecule has 0 amide bonds. The fourth-order valence-electron chi connectivity index (χ4n) is 4.63. The quantitative estimate of drug-likeness (QED) is 0.529. The van der Waals surface area contributed by atoms with Gasteiger partial charge in [0.1, 0.15) is 0 Å². The molecule has 29 heavy (non-hydrogen) atoms. The first kappa shape index (κ1) is 19.9. The van der Waals surface area contributed by atoms with Crippen LogP contribution in [-0.4, -0.2) is 19.6 Å². The standard InChI is InChI=1S/C26H35N3/c1-18(9-10-20-7-5-4-6-8-20)29-23-14-13-22-15-25(27-3)26(24(22)16-23)19(2)28-17-21-11-12-21/h4-8,21,23,27-29H,1-2,9-17H2,3H3. The van der Waals surface area contributed by atoms with Gasteiger partial charge in [0.15, 0.2) is 0 Å². The van der Waals surface area contributed by atoms with Gasteiger partial charge in [0.05, 0.1) is 0 Å². The van der Waals surface area contributed by atoms with Gasteiger partial charge in [0.25, 0.3) is 0 Å². The van der Waals surface area contributed by atoms with Crippen molar-refractivity contribution >= 4 is 0 Å². The molecule has 3 N–H and O–H groups in total. The summed E-state index contributed by atoms with van der Waals surface area (Å²) < 4.78 is 0. The minimum atomic E-state index is 0.472. The van der Waals surface area contributed by atoms with Crippen LogP contribution in [0.25, 0.3) is 0 Å². The van der Waals surface area contributed by atoms with E-state index in [-0.39, 0.29) is 0 Å². The maximum Gasteiger partial charge on any atom is 0.0361 e. The van der Waals surface area contributed by atoms with E-state index in [0.29, 0.717) is 6.04 Å². The van der Waals surface area contributed by atoms with Crippen LogP contribution in [0.15, 0.2) is 77.3 Å². The van der Waals surface area contributed by atoms with Gasteiger partial charge in [-0.1, -0.05) is 49.1 Å². The first-order valence-electron chi connectivity index (χ1n) is 11.2. The van der Waals surface area contributed by atoms with Gasteiger partial charge in [-0.2, -0.15) is 0 Å². The third-order valence-corrected chi connectivity index (χ3v) is 6.54. The normalized spacial score (nSPS) is 21.1. The minimum Gasteiger partial charge on any atom is -0.391 e. The first-order chi connectivity index (χ1) is 14.1. The van der Waals surface area contributed by atoms with Crippen molar-refractivity contribution in [3.05, 3.63) is 82.9 Å². The Morgan fingerprint density at radius 1 is 1.10 bits per heavy atom. The van der Waals surface area contributed by atoms with E-state index in [9.17, 15) is 0 Å². The van der Waals surface area contributed by atoms with Crippen molar-refractivity contribution in [1.29, 1.82) is 0 Å². The molecule has 3 heteroatoms. The van der Waals surface area contributed by atoms with Crippen molar-refractivity contribution in [2.24, 2.45) is 5.92 Å². The highest BCUT2D eigenvalue weighted by atomic mass is 14.9. The van der Waals surface area contributed by atoms with Crippen LogP contribution in [0.5, 0.6) is 0 Å². The molecule has 0 radical (unpaired) electrons. The second kappa shape index (κ2) is 8.94. The lowest BCUT2D eigenvalue weighted by atomic mass is 9.86. The SMILES string of the molecule is C=C(CCc1ccccc1)NC1CCC2=C(C1)C(C(=C)NCC1CC1)=C(NC)C2. The van der Waals surface area contributed by atoms with Gasteiger partial charge in [-0.05, 0) is 62.0 Å². The number of hydrogen-bond acceptors (Lipinski definition) is 3. The lowest BCUT2D eigenvalue weighted by Gasteiger charge is -2.28. The van der Waals surface area contributed by atoms with Gasteiger partial charge in [0, 0.05) is 48.7 Å². The molecule has 1 aromatic rings. The van der Waals surface area contributed by atoms with Crippen LogP contribution >= 0.6 is 0 Å². The Kier molecular flexibility index (Phi) is 6.13. The van der Waals surface area contributed by atoms with E-state index in [2.05, 4.69) is 59.4 Å². The van der Waals surface area contributed by atoms with E-state index >= 15 is 0 Å². The van der Waals surface area contributed by atoms with E-state index in [4.69, 9.17) is 0 Å². The van der Waals surface area contributed by atoms with Gasteiger partial charge in [-0.3, -0.25) is 0 Å². The molecule has 3 aliphatic rings. The molecule has 0 saturated heterocycles. The van der Waals surface area contributed by atoms with Crippen LogP contribution in [0.4, 0.5) is 0 Å². The number of aryl methyl sites for hydroxylation is 1. The highest BCUT2D eigenvalue weighted by molar-refractivity contribution is 5.56. The number of nitrogens with one attached hydrogen (secondary N) is 3. The Morgan fingerprint density at radius 3 is 2.62 bits per heavy atom. The third-order valence-electron chi connectivity index (χ3n) is 6.54. The van der Waals surface area contributed by atoms with Crippen molar-refractivity contribution < 1.29 is 0 Å². The zero-order valence-corrected chi connectivity index (χ0v) is 17.8. The molecule has 1 aromatic carbocycles. The second-order valence-electron chi connectivity index (χ2n) is 8.84. The Hall–Kier alpha value is -2.42. The molecule has 0 aliphatic heterocycles. The van der Waals surface area contributed by atoms with Crippen molar-refractivity contribution in [3.63, 3.8) is 0 Å². The van der Waals surface area contributed by atoms with Crippen molar-refractivity contribution in [1.82, 2.24) is 16.0 Å². The Bertz CT molecular complexity index is 827. The van der Waals surface area contributed by atoms with Crippen molar-refractivity contribution in [2.75, 3.05) is 13.6 Å². The summed E-state index contributed by atoms with van der Waals surface area (Å²) in [5.74, 6) is 0.856. The van der Waals surface area contributed by atoms with Gasteiger partial charge in [-0.15, -0.1) is 0 Å². The molecule has 3 nitrogen and oxygen atoms in total. The topological polar surface area (TPSA) is 36.1 Å². The van der Waals surface area contributed by atoms with E-state index in [1.807, 2.05) is 7.05 Å². The Labute approximate surface area is 176 Å². The van der Waals surface area contributed by atoms with Crippen molar-refractivity contribution in [3.8, 4) is 0 Å². The molecule has 1 fully saturated rings. The van der Waals surface area contributed by atoms with E-state index in [1.165, 1.54) is 48.1 Å². The predicted molar refractivity (Wildman–Crippen MR) is 122 cm³/mol. The molecule has 1 atom stereocenters. The monoisotopic (exact) mass is 389 g/mol. The maximum absolute atomic E-state index is 4.39. The zero-order chi connectivity index (χ0) is 20.2. The van der Waals surface area contributed by atoms with Crippen LogP contribution in [0.2, 0.25) is 0 Å². The summed E-state index contributed by atoms with van der Waals surface area (Å²) in [5, 5.41) is 10.8. The molecule has 154 valence electrons. The first-order valence-corrected chi connectivity index (χ1v) is 11.2. The molecular formula is C26H35N3. The average molecular weight is 390 g/mol. The summed E-state index contributed by atoms with van der Waals surface area (Å²) in [4.78, 5) is 0.